The zero-order valence-corrected chi connectivity index (χ0v) is 16.7. The Morgan fingerprint density at radius 3 is 2.92 bits per heavy atom. The number of ether oxygens (including phenoxy) is 2. The van der Waals surface area contributed by atoms with Crippen molar-refractivity contribution in [2.24, 2.45) is 4.99 Å². The van der Waals surface area contributed by atoms with Gasteiger partial charge >= 0.3 is 0 Å². The van der Waals surface area contributed by atoms with E-state index in [0.29, 0.717) is 32.2 Å². The molecule has 1 N–H and O–H groups in total. The van der Waals surface area contributed by atoms with Crippen molar-refractivity contribution < 1.29 is 9.47 Å². The second-order valence-electron chi connectivity index (χ2n) is 5.69. The van der Waals surface area contributed by atoms with Gasteiger partial charge in [0, 0.05) is 37.8 Å². The standard InChI is InChI=1S/C18H27N5O2S/c1-5-19-18(23(3)12-16-13-26-14(2)22-16)21-11-15-7-6-8-20-17(15)25-10-9-24-4/h6-8,13H,5,9-12H2,1-4H3,(H,19,21). The molecule has 0 saturated carbocycles. The van der Waals surface area contributed by atoms with Gasteiger partial charge in [-0.05, 0) is 19.9 Å². The highest BCUT2D eigenvalue weighted by atomic mass is 32.1. The molecule has 2 rings (SSSR count). The van der Waals surface area contributed by atoms with Crippen LogP contribution < -0.4 is 10.1 Å². The number of nitrogens with one attached hydrogen (secondary N) is 1. The molecule has 0 atom stereocenters. The van der Waals surface area contributed by atoms with Crippen LogP contribution in [-0.4, -0.2) is 54.7 Å². The summed E-state index contributed by atoms with van der Waals surface area (Å²) < 4.78 is 10.7. The average molecular weight is 378 g/mol. The maximum absolute atomic E-state index is 5.68. The van der Waals surface area contributed by atoms with Gasteiger partial charge in [0.25, 0.3) is 0 Å². The molecule has 0 unspecified atom stereocenters. The first kappa shape index (κ1) is 20.1. The van der Waals surface area contributed by atoms with Crippen LogP contribution in [-0.2, 0) is 17.8 Å². The van der Waals surface area contributed by atoms with E-state index in [-0.39, 0.29) is 0 Å². The quantitative estimate of drug-likeness (QED) is 0.411. The molecule has 0 radical (unpaired) electrons. The zero-order valence-electron chi connectivity index (χ0n) is 15.9. The number of nitrogens with zero attached hydrogens (tertiary/aromatic N) is 4. The maximum Gasteiger partial charge on any atom is 0.218 e. The molecule has 26 heavy (non-hydrogen) atoms. The lowest BCUT2D eigenvalue weighted by molar-refractivity contribution is 0.143. The zero-order chi connectivity index (χ0) is 18.8. The number of pyridine rings is 1. The van der Waals surface area contributed by atoms with Crippen LogP contribution in [0.1, 0.15) is 23.2 Å². The van der Waals surface area contributed by atoms with E-state index in [1.54, 1.807) is 24.6 Å². The third-order valence-corrected chi connectivity index (χ3v) is 4.36. The highest BCUT2D eigenvalue weighted by Gasteiger charge is 2.10. The average Bonchev–Trinajstić information content (AvgIpc) is 3.04. The molecule has 0 saturated heterocycles. The number of rotatable bonds is 9. The smallest absolute Gasteiger partial charge is 0.218 e. The Morgan fingerprint density at radius 1 is 1.38 bits per heavy atom. The molecule has 142 valence electrons. The van der Waals surface area contributed by atoms with E-state index in [1.807, 2.05) is 26.1 Å². The summed E-state index contributed by atoms with van der Waals surface area (Å²) in [4.78, 5) is 15.6. The molecule has 8 heteroatoms. The fraction of sp³-hybridized carbons (Fsp3) is 0.500. The first-order valence-corrected chi connectivity index (χ1v) is 9.48. The number of hydrogen-bond donors (Lipinski definition) is 1. The molecule has 0 aromatic carbocycles. The third-order valence-electron chi connectivity index (χ3n) is 3.54. The summed E-state index contributed by atoms with van der Waals surface area (Å²) in [6.07, 6.45) is 1.72. The Labute approximate surface area is 159 Å². The molecule has 7 nitrogen and oxygen atoms in total. The van der Waals surface area contributed by atoms with Crippen LogP contribution in [0, 0.1) is 6.92 Å². The minimum absolute atomic E-state index is 0.466. The highest BCUT2D eigenvalue weighted by molar-refractivity contribution is 7.09. The maximum atomic E-state index is 5.68. The first-order chi connectivity index (χ1) is 12.6. The monoisotopic (exact) mass is 377 g/mol. The summed E-state index contributed by atoms with van der Waals surface area (Å²) in [6.45, 7) is 7.05. The van der Waals surface area contributed by atoms with Gasteiger partial charge in [-0.15, -0.1) is 11.3 Å². The van der Waals surface area contributed by atoms with E-state index in [9.17, 15) is 0 Å². The minimum Gasteiger partial charge on any atom is -0.475 e. The molecule has 2 heterocycles. The van der Waals surface area contributed by atoms with Crippen molar-refractivity contribution in [3.8, 4) is 5.88 Å². The minimum atomic E-state index is 0.466. The van der Waals surface area contributed by atoms with Crippen LogP contribution in [0.3, 0.4) is 0 Å². The number of methoxy groups -OCH3 is 1. The highest BCUT2D eigenvalue weighted by Crippen LogP contribution is 2.16. The van der Waals surface area contributed by atoms with Crippen molar-refractivity contribution in [3.63, 3.8) is 0 Å². The summed E-state index contributed by atoms with van der Waals surface area (Å²) in [7, 11) is 3.66. The SMILES string of the molecule is CCNC(=NCc1cccnc1OCCOC)N(C)Cc1csc(C)n1. The number of aliphatic imine (C=N–C) groups is 1. The van der Waals surface area contributed by atoms with Gasteiger partial charge in [0.05, 0.1) is 30.4 Å². The molecular formula is C18H27N5O2S. The van der Waals surface area contributed by atoms with Crippen LogP contribution in [0.25, 0.3) is 0 Å². The molecule has 0 aliphatic carbocycles. The Morgan fingerprint density at radius 2 is 2.23 bits per heavy atom. The van der Waals surface area contributed by atoms with E-state index >= 15 is 0 Å². The van der Waals surface area contributed by atoms with Crippen molar-refractivity contribution in [2.45, 2.75) is 26.9 Å². The van der Waals surface area contributed by atoms with Crippen molar-refractivity contribution in [3.05, 3.63) is 40.0 Å². The number of hydrogen-bond acceptors (Lipinski definition) is 6. The van der Waals surface area contributed by atoms with Gasteiger partial charge in [0.2, 0.25) is 5.88 Å². The van der Waals surface area contributed by atoms with E-state index in [2.05, 4.69) is 32.5 Å². The van der Waals surface area contributed by atoms with E-state index in [1.165, 1.54) is 0 Å². The Bertz CT molecular complexity index is 704. The summed E-state index contributed by atoms with van der Waals surface area (Å²) in [5.74, 6) is 1.42. The Hall–Kier alpha value is -2.19. The second-order valence-corrected chi connectivity index (χ2v) is 6.76. The van der Waals surface area contributed by atoms with Crippen LogP contribution in [0.15, 0.2) is 28.7 Å². The molecule has 0 fully saturated rings. The largest absolute Gasteiger partial charge is 0.475 e. The molecule has 0 amide bonds. The van der Waals surface area contributed by atoms with Crippen molar-refractivity contribution in [1.82, 2.24) is 20.2 Å². The molecule has 0 spiro atoms. The summed E-state index contributed by atoms with van der Waals surface area (Å²) >= 11 is 1.66. The van der Waals surface area contributed by atoms with Gasteiger partial charge in [-0.3, -0.25) is 0 Å². The Balaban J connectivity index is 2.06. The number of guanidine groups is 1. The van der Waals surface area contributed by atoms with Gasteiger partial charge < -0.3 is 19.7 Å². The predicted octanol–water partition coefficient (Wildman–Crippen LogP) is 2.47. The molecule has 0 aliphatic rings. The fourth-order valence-electron chi connectivity index (χ4n) is 2.32. The summed E-state index contributed by atoms with van der Waals surface area (Å²) in [6, 6.07) is 3.87. The normalized spacial score (nSPS) is 11.5. The lowest BCUT2D eigenvalue weighted by atomic mass is 10.3. The predicted molar refractivity (Wildman–Crippen MR) is 105 cm³/mol. The fourth-order valence-corrected chi connectivity index (χ4v) is 2.93. The summed E-state index contributed by atoms with van der Waals surface area (Å²) in [5, 5.41) is 6.48. The van der Waals surface area contributed by atoms with E-state index < -0.39 is 0 Å². The molecule has 2 aromatic rings. The molecular weight excluding hydrogens is 350 g/mol. The van der Waals surface area contributed by atoms with E-state index in [0.717, 1.165) is 28.8 Å². The van der Waals surface area contributed by atoms with Gasteiger partial charge in [-0.2, -0.15) is 0 Å². The lowest BCUT2D eigenvalue weighted by Gasteiger charge is -2.21. The van der Waals surface area contributed by atoms with Crippen LogP contribution in [0.5, 0.6) is 5.88 Å². The van der Waals surface area contributed by atoms with Crippen LogP contribution >= 0.6 is 11.3 Å². The van der Waals surface area contributed by atoms with Crippen molar-refractivity contribution in [2.75, 3.05) is 33.9 Å². The van der Waals surface area contributed by atoms with Gasteiger partial charge in [-0.1, -0.05) is 6.07 Å². The third kappa shape index (κ3) is 6.27. The van der Waals surface area contributed by atoms with Crippen molar-refractivity contribution in [1.29, 1.82) is 0 Å². The molecule has 2 aromatic heterocycles. The topological polar surface area (TPSA) is 71.9 Å². The lowest BCUT2D eigenvalue weighted by Crippen LogP contribution is -2.38. The molecule has 0 aliphatic heterocycles. The van der Waals surface area contributed by atoms with Crippen LogP contribution in [0.4, 0.5) is 0 Å². The van der Waals surface area contributed by atoms with E-state index in [4.69, 9.17) is 14.5 Å². The van der Waals surface area contributed by atoms with Crippen LogP contribution in [0.2, 0.25) is 0 Å². The van der Waals surface area contributed by atoms with Gasteiger partial charge in [-0.25, -0.2) is 15.0 Å². The van der Waals surface area contributed by atoms with Gasteiger partial charge in [0.15, 0.2) is 5.96 Å². The second kappa shape index (κ2) is 10.7. The number of aryl methyl sites for hydroxylation is 1. The number of aromatic nitrogens is 2. The van der Waals surface area contributed by atoms with Gasteiger partial charge in [0.1, 0.15) is 6.61 Å². The first-order valence-electron chi connectivity index (χ1n) is 8.60. The Kier molecular flexibility index (Phi) is 8.30. The molecule has 0 bridgehead atoms. The van der Waals surface area contributed by atoms with Crippen molar-refractivity contribution >= 4 is 17.3 Å². The summed E-state index contributed by atoms with van der Waals surface area (Å²) in [5.41, 5.74) is 1.99. The number of thiazole rings is 1.